The zero-order valence-electron chi connectivity index (χ0n) is 20.0. The third-order valence-electron chi connectivity index (χ3n) is 6.37. The quantitative estimate of drug-likeness (QED) is 0.190. The lowest BCUT2D eigenvalue weighted by atomic mass is 10.0. The number of aromatic nitrogens is 4. The van der Waals surface area contributed by atoms with Gasteiger partial charge < -0.3 is 20.6 Å². The molecule has 0 spiro atoms. The molecule has 0 aliphatic carbocycles. The number of hydrogen-bond donors (Lipinski definition) is 4. The summed E-state index contributed by atoms with van der Waals surface area (Å²) in [6.45, 7) is 2.30. The van der Waals surface area contributed by atoms with E-state index in [2.05, 4.69) is 27.3 Å². The molecular formula is C28H24ClN5O2S. The maximum atomic E-state index is 10.6. The van der Waals surface area contributed by atoms with Crippen LogP contribution in [0.3, 0.4) is 0 Å². The van der Waals surface area contributed by atoms with Crippen molar-refractivity contribution in [3.8, 4) is 33.2 Å². The maximum Gasteiger partial charge on any atom is 0.138 e. The molecule has 0 bridgehead atoms. The third kappa shape index (κ3) is 4.55. The fourth-order valence-electron chi connectivity index (χ4n) is 4.54. The van der Waals surface area contributed by atoms with Gasteiger partial charge in [-0.3, -0.25) is 10.1 Å². The summed E-state index contributed by atoms with van der Waals surface area (Å²) in [6, 6.07) is 16.9. The molecule has 2 aromatic carbocycles. The lowest BCUT2D eigenvalue weighted by molar-refractivity contribution is 0.287. The van der Waals surface area contributed by atoms with Gasteiger partial charge in [0.05, 0.1) is 27.8 Å². The van der Waals surface area contributed by atoms with Gasteiger partial charge in [-0.15, -0.1) is 11.3 Å². The molecule has 0 aliphatic rings. The van der Waals surface area contributed by atoms with Crippen LogP contribution in [0, 0.1) is 6.92 Å². The summed E-state index contributed by atoms with van der Waals surface area (Å²) < 4.78 is 7.19. The van der Waals surface area contributed by atoms with Crippen molar-refractivity contribution in [2.24, 2.45) is 5.73 Å². The Morgan fingerprint density at radius 2 is 1.97 bits per heavy atom. The van der Waals surface area contributed by atoms with Crippen LogP contribution in [-0.2, 0) is 6.42 Å². The van der Waals surface area contributed by atoms with Crippen LogP contribution in [0.4, 0.5) is 0 Å². The SMILES string of the molecule is Cc1n[nH]c2cc(-c3cc(OC[C@@H](N)Cc4c[nH]c5ccccc45)cnc3-c3cc(Cl)ccc3O)sc12. The van der Waals surface area contributed by atoms with E-state index in [1.54, 1.807) is 35.7 Å². The van der Waals surface area contributed by atoms with E-state index in [1.165, 1.54) is 5.39 Å². The summed E-state index contributed by atoms with van der Waals surface area (Å²) in [7, 11) is 0. The van der Waals surface area contributed by atoms with E-state index in [0.717, 1.165) is 37.4 Å². The molecular weight excluding hydrogens is 506 g/mol. The average molecular weight is 530 g/mol. The monoisotopic (exact) mass is 529 g/mol. The molecule has 0 unspecified atom stereocenters. The van der Waals surface area contributed by atoms with Crippen LogP contribution < -0.4 is 10.5 Å². The Morgan fingerprint density at radius 3 is 2.84 bits per heavy atom. The number of pyridine rings is 1. The molecule has 0 amide bonds. The molecule has 0 radical (unpaired) electrons. The first-order valence-corrected chi connectivity index (χ1v) is 13.0. The zero-order valence-corrected chi connectivity index (χ0v) is 21.5. The molecule has 6 rings (SSSR count). The van der Waals surface area contributed by atoms with Crippen LogP contribution in [0.15, 0.2) is 67.0 Å². The number of hydrogen-bond acceptors (Lipinski definition) is 6. The number of aryl methyl sites for hydroxylation is 1. The molecule has 9 heteroatoms. The third-order valence-corrected chi connectivity index (χ3v) is 7.88. The minimum atomic E-state index is -0.201. The number of thiophene rings is 1. The highest BCUT2D eigenvalue weighted by atomic mass is 35.5. The van der Waals surface area contributed by atoms with E-state index in [9.17, 15) is 5.11 Å². The number of aromatic amines is 2. The first-order chi connectivity index (χ1) is 18.0. The number of para-hydroxylation sites is 1. The van der Waals surface area contributed by atoms with Crippen LogP contribution in [0.5, 0.6) is 11.5 Å². The van der Waals surface area contributed by atoms with Crippen LogP contribution in [-0.4, -0.2) is 37.9 Å². The molecule has 0 fully saturated rings. The van der Waals surface area contributed by atoms with Crippen molar-refractivity contribution in [3.63, 3.8) is 0 Å². The maximum absolute atomic E-state index is 10.6. The largest absolute Gasteiger partial charge is 0.507 e. The number of fused-ring (bicyclic) bond motifs is 2. The Hall–Kier alpha value is -3.85. The normalized spacial score (nSPS) is 12.4. The standard InChI is InChI=1S/C28H24ClN5O2S/c1-15-28-24(34-33-15)11-26(37-28)22-10-19(13-32-27(22)21-9-17(29)6-7-25(21)35)36-14-18(30)8-16-12-31-23-5-3-2-4-20(16)23/h2-7,9-13,18,31,35H,8,14,30H2,1H3,(H,33,34)/t18-/m0/s1. The molecule has 4 aromatic heterocycles. The minimum Gasteiger partial charge on any atom is -0.507 e. The van der Waals surface area contributed by atoms with Crippen molar-refractivity contribution >= 4 is 44.1 Å². The Labute approximate surface area is 221 Å². The second-order valence-electron chi connectivity index (χ2n) is 9.03. The molecule has 7 nitrogen and oxygen atoms in total. The van der Waals surface area contributed by atoms with Gasteiger partial charge in [-0.1, -0.05) is 29.8 Å². The zero-order chi connectivity index (χ0) is 25.5. The van der Waals surface area contributed by atoms with Crippen LogP contribution >= 0.6 is 22.9 Å². The summed E-state index contributed by atoms with van der Waals surface area (Å²) in [6.07, 6.45) is 4.34. The van der Waals surface area contributed by atoms with E-state index >= 15 is 0 Å². The Balaban J connectivity index is 1.30. The average Bonchev–Trinajstić information content (AvgIpc) is 3.60. The molecule has 37 heavy (non-hydrogen) atoms. The summed E-state index contributed by atoms with van der Waals surface area (Å²) in [4.78, 5) is 8.96. The number of nitrogens with zero attached hydrogens (tertiary/aromatic N) is 2. The Kier molecular flexibility index (Phi) is 6.08. The van der Waals surface area contributed by atoms with E-state index < -0.39 is 0 Å². The van der Waals surface area contributed by atoms with E-state index in [1.807, 2.05) is 37.4 Å². The highest BCUT2D eigenvalue weighted by Gasteiger charge is 2.19. The number of nitrogens with one attached hydrogen (secondary N) is 2. The first-order valence-electron chi connectivity index (χ1n) is 11.8. The van der Waals surface area contributed by atoms with Crippen molar-refractivity contribution in [2.75, 3.05) is 6.61 Å². The predicted molar refractivity (Wildman–Crippen MR) is 150 cm³/mol. The molecule has 4 heterocycles. The number of phenols is 1. The van der Waals surface area contributed by atoms with Gasteiger partial charge in [0.2, 0.25) is 0 Å². The van der Waals surface area contributed by atoms with Crippen molar-refractivity contribution < 1.29 is 9.84 Å². The highest BCUT2D eigenvalue weighted by molar-refractivity contribution is 7.22. The number of nitrogens with two attached hydrogens (primary N) is 1. The van der Waals surface area contributed by atoms with Gasteiger partial charge in [-0.2, -0.15) is 5.10 Å². The predicted octanol–water partition coefficient (Wildman–Crippen LogP) is 6.45. The van der Waals surface area contributed by atoms with E-state index in [-0.39, 0.29) is 11.8 Å². The van der Waals surface area contributed by atoms with Gasteiger partial charge in [0.1, 0.15) is 18.1 Å². The smallest absolute Gasteiger partial charge is 0.138 e. The summed E-state index contributed by atoms with van der Waals surface area (Å²) in [5.74, 6) is 0.703. The lowest BCUT2D eigenvalue weighted by Gasteiger charge is -2.15. The molecule has 186 valence electrons. The van der Waals surface area contributed by atoms with Crippen molar-refractivity contribution in [2.45, 2.75) is 19.4 Å². The van der Waals surface area contributed by atoms with Crippen LogP contribution in [0.2, 0.25) is 5.02 Å². The van der Waals surface area contributed by atoms with E-state index in [0.29, 0.717) is 35.1 Å². The minimum absolute atomic E-state index is 0.104. The molecule has 5 N–H and O–H groups in total. The molecule has 6 aromatic rings. The van der Waals surface area contributed by atoms with Gasteiger partial charge in [-0.25, -0.2) is 0 Å². The summed E-state index contributed by atoms with van der Waals surface area (Å²) in [5, 5.41) is 19.6. The molecule has 0 saturated carbocycles. The van der Waals surface area contributed by atoms with Crippen LogP contribution in [0.1, 0.15) is 11.3 Å². The number of rotatable bonds is 7. The van der Waals surface area contributed by atoms with Crippen molar-refractivity contribution in [1.82, 2.24) is 20.2 Å². The van der Waals surface area contributed by atoms with E-state index in [4.69, 9.17) is 27.1 Å². The Bertz CT molecular complexity index is 1740. The van der Waals surface area contributed by atoms with Gasteiger partial charge in [0.25, 0.3) is 0 Å². The number of H-pyrrole nitrogens is 2. The number of halogens is 1. The number of aromatic hydroxyl groups is 1. The number of benzene rings is 2. The van der Waals surface area contributed by atoms with Gasteiger partial charge >= 0.3 is 0 Å². The highest BCUT2D eigenvalue weighted by Crippen LogP contribution is 2.42. The molecule has 0 saturated heterocycles. The van der Waals surface area contributed by atoms with Crippen molar-refractivity contribution in [3.05, 3.63) is 83.3 Å². The van der Waals surface area contributed by atoms with Crippen LogP contribution in [0.25, 0.3) is 42.8 Å². The fourth-order valence-corrected chi connectivity index (χ4v) is 5.78. The summed E-state index contributed by atoms with van der Waals surface area (Å²) >= 11 is 7.86. The lowest BCUT2D eigenvalue weighted by Crippen LogP contribution is -2.30. The first kappa shape index (κ1) is 23.5. The second kappa shape index (κ2) is 9.55. The molecule has 0 aliphatic heterocycles. The van der Waals surface area contributed by atoms with Crippen molar-refractivity contribution in [1.29, 1.82) is 0 Å². The van der Waals surface area contributed by atoms with Gasteiger partial charge in [-0.05, 0) is 55.3 Å². The molecule has 1 atom stereocenters. The number of phenolic OH excluding ortho intramolecular Hbond substituents is 1. The summed E-state index contributed by atoms with van der Waals surface area (Å²) in [5.41, 5.74) is 12.6. The van der Waals surface area contributed by atoms with Gasteiger partial charge in [0, 0.05) is 44.2 Å². The van der Waals surface area contributed by atoms with Gasteiger partial charge in [0.15, 0.2) is 0 Å². The number of ether oxygens (including phenoxy) is 1. The Morgan fingerprint density at radius 1 is 1.11 bits per heavy atom. The fraction of sp³-hybridized carbons (Fsp3) is 0.143. The topological polar surface area (TPSA) is 113 Å². The second-order valence-corrected chi connectivity index (χ2v) is 10.5.